The summed E-state index contributed by atoms with van der Waals surface area (Å²) in [5, 5.41) is 0.450. The third-order valence-corrected chi connectivity index (χ3v) is 4.31. The summed E-state index contributed by atoms with van der Waals surface area (Å²) in [7, 11) is 0. The van der Waals surface area contributed by atoms with Gasteiger partial charge in [0.05, 0.1) is 0 Å². The van der Waals surface area contributed by atoms with Crippen LogP contribution in [0.1, 0.15) is 56.6 Å². The smallest absolute Gasteiger partial charge is 0.129 e. The van der Waals surface area contributed by atoms with E-state index in [0.717, 1.165) is 18.8 Å². The maximum atomic E-state index is 13.7. The number of hydrogen-bond donors (Lipinski definition) is 1. The van der Waals surface area contributed by atoms with Gasteiger partial charge >= 0.3 is 0 Å². The lowest BCUT2D eigenvalue weighted by atomic mass is 9.84. The average Bonchev–Trinajstić information content (AvgIpc) is 2.37. The van der Waals surface area contributed by atoms with Gasteiger partial charge in [-0.1, -0.05) is 49.8 Å². The zero-order chi connectivity index (χ0) is 13.0. The molecule has 0 aliphatic heterocycles. The molecule has 0 radical (unpaired) electrons. The van der Waals surface area contributed by atoms with Gasteiger partial charge in [0.2, 0.25) is 0 Å². The fourth-order valence-corrected chi connectivity index (χ4v) is 3.20. The van der Waals surface area contributed by atoms with Crippen molar-refractivity contribution in [3.8, 4) is 0 Å². The molecule has 0 aromatic heterocycles. The van der Waals surface area contributed by atoms with Crippen LogP contribution in [0.25, 0.3) is 0 Å². The summed E-state index contributed by atoms with van der Waals surface area (Å²) in [4.78, 5) is 0. The first-order chi connectivity index (χ1) is 8.68. The molecule has 1 nitrogen and oxygen atoms in total. The number of nitrogens with two attached hydrogens (primary N) is 1. The Labute approximate surface area is 114 Å². The van der Waals surface area contributed by atoms with Crippen molar-refractivity contribution in [2.45, 2.75) is 51.0 Å². The molecule has 1 saturated carbocycles. The zero-order valence-corrected chi connectivity index (χ0v) is 11.4. The molecule has 0 heterocycles. The van der Waals surface area contributed by atoms with Crippen LogP contribution in [-0.2, 0) is 0 Å². The SMILES string of the molecule is NC(CCC1CCCCC1)c1c(F)cccc1Cl. The normalized spacial score (nSPS) is 18.8. The zero-order valence-electron chi connectivity index (χ0n) is 10.7. The highest BCUT2D eigenvalue weighted by Gasteiger charge is 2.18. The Balaban J connectivity index is 1.92. The van der Waals surface area contributed by atoms with Gasteiger partial charge in [0.1, 0.15) is 5.82 Å². The van der Waals surface area contributed by atoms with Gasteiger partial charge in [-0.15, -0.1) is 0 Å². The molecule has 1 aliphatic carbocycles. The quantitative estimate of drug-likeness (QED) is 0.832. The number of halogens is 2. The molecule has 1 unspecified atom stereocenters. The molecule has 0 bridgehead atoms. The molecule has 2 N–H and O–H groups in total. The van der Waals surface area contributed by atoms with Crippen molar-refractivity contribution in [3.63, 3.8) is 0 Å². The van der Waals surface area contributed by atoms with Crippen LogP contribution >= 0.6 is 11.6 Å². The predicted octanol–water partition coefficient (Wildman–Crippen LogP) is 4.84. The molecule has 0 spiro atoms. The molecule has 1 aromatic carbocycles. The first kappa shape index (κ1) is 13.8. The Morgan fingerprint density at radius 3 is 2.67 bits per heavy atom. The Morgan fingerprint density at radius 2 is 2.00 bits per heavy atom. The van der Waals surface area contributed by atoms with E-state index in [-0.39, 0.29) is 11.9 Å². The summed E-state index contributed by atoms with van der Waals surface area (Å²) in [5.74, 6) is 0.494. The molecule has 18 heavy (non-hydrogen) atoms. The molecule has 100 valence electrons. The fourth-order valence-electron chi connectivity index (χ4n) is 2.90. The molecule has 0 amide bonds. The monoisotopic (exact) mass is 269 g/mol. The lowest BCUT2D eigenvalue weighted by Gasteiger charge is -2.23. The van der Waals surface area contributed by atoms with Gasteiger partial charge < -0.3 is 5.73 Å². The summed E-state index contributed by atoms with van der Waals surface area (Å²) >= 11 is 6.03. The highest BCUT2D eigenvalue weighted by Crippen LogP contribution is 2.32. The number of hydrogen-bond acceptors (Lipinski definition) is 1. The van der Waals surface area contributed by atoms with Crippen LogP contribution in [0.3, 0.4) is 0 Å². The largest absolute Gasteiger partial charge is 0.324 e. The van der Waals surface area contributed by atoms with Gasteiger partial charge in [0, 0.05) is 16.6 Å². The third-order valence-electron chi connectivity index (χ3n) is 3.98. The third kappa shape index (κ3) is 3.46. The van der Waals surface area contributed by atoms with Crippen molar-refractivity contribution in [3.05, 3.63) is 34.6 Å². The number of rotatable bonds is 4. The van der Waals surface area contributed by atoms with E-state index in [1.807, 2.05) is 0 Å². The lowest BCUT2D eigenvalue weighted by Crippen LogP contribution is -2.15. The highest BCUT2D eigenvalue weighted by atomic mass is 35.5. The van der Waals surface area contributed by atoms with Crippen LogP contribution < -0.4 is 5.73 Å². The Hall–Kier alpha value is -0.600. The Morgan fingerprint density at radius 1 is 1.28 bits per heavy atom. The minimum atomic E-state index is -0.279. The van der Waals surface area contributed by atoms with Crippen molar-refractivity contribution in [1.29, 1.82) is 0 Å². The first-order valence-corrected chi connectivity index (χ1v) is 7.25. The Kier molecular flexibility index (Phi) is 5.02. The van der Waals surface area contributed by atoms with Crippen molar-refractivity contribution >= 4 is 11.6 Å². The fraction of sp³-hybridized carbons (Fsp3) is 0.600. The molecule has 3 heteroatoms. The predicted molar refractivity (Wildman–Crippen MR) is 74.1 cm³/mol. The second-order valence-electron chi connectivity index (χ2n) is 5.32. The van der Waals surface area contributed by atoms with E-state index >= 15 is 0 Å². The number of benzene rings is 1. The lowest BCUT2D eigenvalue weighted by molar-refractivity contribution is 0.323. The standard InChI is InChI=1S/C15H21ClFN/c16-12-7-4-8-13(17)15(12)14(18)10-9-11-5-2-1-3-6-11/h4,7-8,11,14H,1-3,5-6,9-10,18H2. The van der Waals surface area contributed by atoms with Gasteiger partial charge in [-0.2, -0.15) is 0 Å². The molecule has 1 aliphatic rings. The molecular formula is C15H21ClFN. The highest BCUT2D eigenvalue weighted by molar-refractivity contribution is 6.31. The summed E-state index contributed by atoms with van der Waals surface area (Å²) in [6.07, 6.45) is 8.55. The second-order valence-corrected chi connectivity index (χ2v) is 5.73. The van der Waals surface area contributed by atoms with E-state index in [1.165, 1.54) is 38.2 Å². The van der Waals surface area contributed by atoms with E-state index in [1.54, 1.807) is 12.1 Å². The summed E-state index contributed by atoms with van der Waals surface area (Å²) in [6.45, 7) is 0. The van der Waals surface area contributed by atoms with Crippen LogP contribution in [0, 0.1) is 11.7 Å². The van der Waals surface area contributed by atoms with Crippen LogP contribution in [0.2, 0.25) is 5.02 Å². The van der Waals surface area contributed by atoms with Gasteiger partial charge in [0.25, 0.3) is 0 Å². The van der Waals surface area contributed by atoms with Gasteiger partial charge in [-0.25, -0.2) is 4.39 Å². The van der Waals surface area contributed by atoms with Crippen molar-refractivity contribution in [2.75, 3.05) is 0 Å². The molecular weight excluding hydrogens is 249 g/mol. The maximum Gasteiger partial charge on any atom is 0.129 e. The van der Waals surface area contributed by atoms with Crippen molar-refractivity contribution in [2.24, 2.45) is 11.7 Å². The van der Waals surface area contributed by atoms with Crippen molar-refractivity contribution < 1.29 is 4.39 Å². The average molecular weight is 270 g/mol. The van der Waals surface area contributed by atoms with Gasteiger partial charge in [-0.05, 0) is 30.9 Å². The first-order valence-electron chi connectivity index (χ1n) is 6.88. The van der Waals surface area contributed by atoms with E-state index in [2.05, 4.69) is 0 Å². The van der Waals surface area contributed by atoms with Crippen LogP contribution in [-0.4, -0.2) is 0 Å². The molecule has 2 rings (SSSR count). The maximum absolute atomic E-state index is 13.7. The van der Waals surface area contributed by atoms with Crippen LogP contribution in [0.15, 0.2) is 18.2 Å². The molecule has 0 saturated heterocycles. The van der Waals surface area contributed by atoms with E-state index in [0.29, 0.717) is 10.6 Å². The second kappa shape index (κ2) is 6.53. The summed E-state index contributed by atoms with van der Waals surface area (Å²) < 4.78 is 13.7. The van der Waals surface area contributed by atoms with Gasteiger partial charge in [-0.3, -0.25) is 0 Å². The topological polar surface area (TPSA) is 26.0 Å². The minimum absolute atomic E-state index is 0.277. The van der Waals surface area contributed by atoms with Crippen LogP contribution in [0.5, 0.6) is 0 Å². The molecule has 1 fully saturated rings. The van der Waals surface area contributed by atoms with E-state index in [9.17, 15) is 4.39 Å². The summed E-state index contributed by atoms with van der Waals surface area (Å²) in [6, 6.07) is 4.48. The van der Waals surface area contributed by atoms with E-state index < -0.39 is 0 Å². The van der Waals surface area contributed by atoms with Crippen LogP contribution in [0.4, 0.5) is 4.39 Å². The minimum Gasteiger partial charge on any atom is -0.324 e. The van der Waals surface area contributed by atoms with E-state index in [4.69, 9.17) is 17.3 Å². The molecule has 1 aromatic rings. The van der Waals surface area contributed by atoms with Crippen molar-refractivity contribution in [1.82, 2.24) is 0 Å². The van der Waals surface area contributed by atoms with Gasteiger partial charge in [0.15, 0.2) is 0 Å². The summed E-state index contributed by atoms with van der Waals surface area (Å²) in [5.41, 5.74) is 6.57. The molecule has 1 atom stereocenters. The Bertz CT molecular complexity index is 368.